The second kappa shape index (κ2) is 5.52. The van der Waals surface area contributed by atoms with Gasteiger partial charge < -0.3 is 15.0 Å². The van der Waals surface area contributed by atoms with Gasteiger partial charge in [0.1, 0.15) is 5.75 Å². The smallest absolute Gasteiger partial charge is 0.120 e. The third kappa shape index (κ3) is 2.72. The third-order valence-electron chi connectivity index (χ3n) is 3.56. The molecule has 0 aliphatic carbocycles. The second-order valence-corrected chi connectivity index (χ2v) is 5.18. The van der Waals surface area contributed by atoms with Gasteiger partial charge >= 0.3 is 0 Å². The summed E-state index contributed by atoms with van der Waals surface area (Å²) >= 11 is 0. The van der Waals surface area contributed by atoms with Gasteiger partial charge in [-0.2, -0.15) is 0 Å². The Hall–Kier alpha value is -2.42. The molecule has 0 bridgehead atoms. The zero-order valence-corrected chi connectivity index (χ0v) is 12.4. The maximum absolute atomic E-state index is 5.27. The maximum atomic E-state index is 5.27. The molecular weight excluding hydrogens is 260 g/mol. The molecule has 107 valence electrons. The summed E-state index contributed by atoms with van der Waals surface area (Å²) in [5, 5.41) is 4.66. The lowest BCUT2D eigenvalue weighted by Crippen LogP contribution is -1.92. The van der Waals surface area contributed by atoms with Gasteiger partial charge in [0.25, 0.3) is 0 Å². The Morgan fingerprint density at radius 2 is 2.05 bits per heavy atom. The fourth-order valence-corrected chi connectivity index (χ4v) is 2.53. The minimum atomic E-state index is 0.756. The summed E-state index contributed by atoms with van der Waals surface area (Å²) in [4.78, 5) is 3.41. The lowest BCUT2D eigenvalue weighted by Gasteiger charge is -2.10. The fourth-order valence-electron chi connectivity index (χ4n) is 2.53. The van der Waals surface area contributed by atoms with Gasteiger partial charge in [-0.15, -0.1) is 0 Å². The SMILES string of the molecule is [CH2]Cc1cc2c(Nc3cccc(OC)c3)cc(C)cc2[nH]1. The molecule has 1 aromatic heterocycles. The van der Waals surface area contributed by atoms with Crippen LogP contribution in [0.15, 0.2) is 42.5 Å². The van der Waals surface area contributed by atoms with Crippen LogP contribution >= 0.6 is 0 Å². The van der Waals surface area contributed by atoms with Crippen molar-refractivity contribution in [1.82, 2.24) is 4.98 Å². The highest BCUT2D eigenvalue weighted by molar-refractivity contribution is 5.95. The monoisotopic (exact) mass is 279 g/mol. The van der Waals surface area contributed by atoms with Gasteiger partial charge in [-0.3, -0.25) is 0 Å². The Kier molecular flexibility index (Phi) is 3.57. The molecule has 3 rings (SSSR count). The average Bonchev–Trinajstić information content (AvgIpc) is 2.90. The first-order valence-corrected chi connectivity index (χ1v) is 7.02. The molecule has 0 fully saturated rings. The van der Waals surface area contributed by atoms with Gasteiger partial charge in [0.2, 0.25) is 0 Å². The molecule has 0 aliphatic heterocycles. The van der Waals surface area contributed by atoms with Crippen molar-refractivity contribution in [3.63, 3.8) is 0 Å². The van der Waals surface area contributed by atoms with E-state index >= 15 is 0 Å². The highest BCUT2D eigenvalue weighted by Crippen LogP contribution is 2.30. The summed E-state index contributed by atoms with van der Waals surface area (Å²) in [6, 6.07) is 14.4. The molecular formula is C18H19N2O. The molecule has 3 aromatic rings. The van der Waals surface area contributed by atoms with Crippen LogP contribution in [0.25, 0.3) is 10.9 Å². The van der Waals surface area contributed by atoms with E-state index in [1.54, 1.807) is 7.11 Å². The molecule has 3 heteroatoms. The number of aryl methyl sites for hydroxylation is 1. The van der Waals surface area contributed by atoms with Crippen LogP contribution in [0.2, 0.25) is 0 Å². The Labute approximate surface area is 125 Å². The maximum Gasteiger partial charge on any atom is 0.120 e. The zero-order chi connectivity index (χ0) is 14.8. The number of ether oxygens (including phenoxy) is 1. The Morgan fingerprint density at radius 1 is 1.19 bits per heavy atom. The van der Waals surface area contributed by atoms with E-state index < -0.39 is 0 Å². The summed E-state index contributed by atoms with van der Waals surface area (Å²) in [5.74, 6) is 0.844. The number of hydrogen-bond donors (Lipinski definition) is 2. The molecule has 0 amide bonds. The molecule has 0 saturated carbocycles. The van der Waals surface area contributed by atoms with Crippen molar-refractivity contribution in [3.8, 4) is 5.75 Å². The molecule has 21 heavy (non-hydrogen) atoms. The molecule has 0 spiro atoms. The Balaban J connectivity index is 2.04. The van der Waals surface area contributed by atoms with Gasteiger partial charge in [0.05, 0.1) is 7.11 Å². The third-order valence-corrected chi connectivity index (χ3v) is 3.56. The number of anilines is 2. The van der Waals surface area contributed by atoms with Gasteiger partial charge in [-0.25, -0.2) is 0 Å². The van der Waals surface area contributed by atoms with Crippen LogP contribution in [0.1, 0.15) is 11.3 Å². The number of aromatic amines is 1. The quantitative estimate of drug-likeness (QED) is 0.732. The van der Waals surface area contributed by atoms with Crippen LogP contribution in [-0.2, 0) is 6.42 Å². The molecule has 0 atom stereocenters. The van der Waals surface area contributed by atoms with E-state index in [0.717, 1.165) is 34.8 Å². The van der Waals surface area contributed by atoms with Crippen molar-refractivity contribution in [1.29, 1.82) is 0 Å². The predicted molar refractivity (Wildman–Crippen MR) is 88.4 cm³/mol. The van der Waals surface area contributed by atoms with Crippen LogP contribution in [0.5, 0.6) is 5.75 Å². The minimum Gasteiger partial charge on any atom is -0.497 e. The van der Waals surface area contributed by atoms with Crippen molar-refractivity contribution < 1.29 is 4.74 Å². The number of rotatable bonds is 4. The summed E-state index contributed by atoms with van der Waals surface area (Å²) in [6.07, 6.45) is 0.756. The van der Waals surface area contributed by atoms with E-state index in [0.29, 0.717) is 0 Å². The number of benzene rings is 2. The topological polar surface area (TPSA) is 37.0 Å². The van der Waals surface area contributed by atoms with Gasteiger partial charge in [-0.05, 0) is 56.2 Å². The van der Waals surface area contributed by atoms with E-state index in [2.05, 4.69) is 42.3 Å². The van der Waals surface area contributed by atoms with Crippen molar-refractivity contribution in [3.05, 3.63) is 60.6 Å². The van der Waals surface area contributed by atoms with Crippen molar-refractivity contribution >= 4 is 22.3 Å². The van der Waals surface area contributed by atoms with E-state index in [9.17, 15) is 0 Å². The number of methoxy groups -OCH3 is 1. The van der Waals surface area contributed by atoms with E-state index in [-0.39, 0.29) is 0 Å². The molecule has 2 N–H and O–H groups in total. The molecule has 1 radical (unpaired) electrons. The number of aromatic nitrogens is 1. The van der Waals surface area contributed by atoms with E-state index in [1.165, 1.54) is 10.9 Å². The predicted octanol–water partition coefficient (Wildman–Crippen LogP) is 4.61. The summed E-state index contributed by atoms with van der Waals surface area (Å²) in [5.41, 5.74) is 5.60. The highest BCUT2D eigenvalue weighted by Gasteiger charge is 2.07. The fraction of sp³-hybridized carbons (Fsp3) is 0.167. The molecule has 1 heterocycles. The van der Waals surface area contributed by atoms with Gasteiger partial charge in [-0.1, -0.05) is 6.07 Å². The van der Waals surface area contributed by atoms with Gasteiger partial charge in [0, 0.05) is 34.0 Å². The highest BCUT2D eigenvalue weighted by atomic mass is 16.5. The van der Waals surface area contributed by atoms with Crippen LogP contribution in [0, 0.1) is 13.8 Å². The first-order valence-electron chi connectivity index (χ1n) is 7.02. The van der Waals surface area contributed by atoms with E-state index in [1.807, 2.05) is 24.3 Å². The Morgan fingerprint density at radius 3 is 2.81 bits per heavy atom. The largest absolute Gasteiger partial charge is 0.497 e. The molecule has 0 unspecified atom stereocenters. The first-order chi connectivity index (χ1) is 10.2. The first kappa shape index (κ1) is 13.6. The van der Waals surface area contributed by atoms with Crippen LogP contribution < -0.4 is 10.1 Å². The molecule has 0 aliphatic rings. The normalized spacial score (nSPS) is 10.8. The van der Waals surface area contributed by atoms with E-state index in [4.69, 9.17) is 4.74 Å². The zero-order valence-electron chi connectivity index (χ0n) is 12.4. The number of fused-ring (bicyclic) bond motifs is 1. The summed E-state index contributed by atoms with van der Waals surface area (Å²) in [7, 11) is 1.68. The van der Waals surface area contributed by atoms with Crippen molar-refractivity contribution in [2.75, 3.05) is 12.4 Å². The van der Waals surface area contributed by atoms with Crippen molar-refractivity contribution in [2.45, 2.75) is 13.3 Å². The molecule has 2 aromatic carbocycles. The molecule has 0 saturated heterocycles. The van der Waals surface area contributed by atoms with Crippen LogP contribution in [0.4, 0.5) is 11.4 Å². The van der Waals surface area contributed by atoms with Crippen LogP contribution in [-0.4, -0.2) is 12.1 Å². The second-order valence-electron chi connectivity index (χ2n) is 5.18. The van der Waals surface area contributed by atoms with Gasteiger partial charge in [0.15, 0.2) is 0 Å². The summed E-state index contributed by atoms with van der Waals surface area (Å²) in [6.45, 7) is 6.04. The number of nitrogens with one attached hydrogen (secondary N) is 2. The van der Waals surface area contributed by atoms with Crippen LogP contribution in [0.3, 0.4) is 0 Å². The number of hydrogen-bond acceptors (Lipinski definition) is 2. The molecule has 3 nitrogen and oxygen atoms in total. The minimum absolute atomic E-state index is 0.756. The average molecular weight is 279 g/mol. The number of H-pyrrole nitrogens is 1. The lowest BCUT2D eigenvalue weighted by molar-refractivity contribution is 0.415. The lowest BCUT2D eigenvalue weighted by atomic mass is 10.1. The standard InChI is InChI=1S/C18H19N2O/c1-4-13-11-16-17(19-13)8-12(2)9-18(16)20-14-6-5-7-15(10-14)21-3/h5-11,19-20H,1,4H2,2-3H3. The van der Waals surface area contributed by atoms with Crippen molar-refractivity contribution in [2.24, 2.45) is 0 Å². The Bertz CT molecular complexity index is 774. The summed E-state index contributed by atoms with van der Waals surface area (Å²) < 4.78 is 5.27.